The predicted octanol–water partition coefficient (Wildman–Crippen LogP) is 2.34. The minimum absolute atomic E-state index is 0.0973. The quantitative estimate of drug-likeness (QED) is 0.780. The second-order valence-electron chi connectivity index (χ2n) is 4.54. The van der Waals surface area contributed by atoms with Gasteiger partial charge in [-0.05, 0) is 43.3 Å². The van der Waals surface area contributed by atoms with Crippen molar-refractivity contribution in [3.63, 3.8) is 0 Å². The number of Topliss-reactive ketones (excluding diaryl/α,β-unsaturated/α-hetero) is 1. The van der Waals surface area contributed by atoms with Gasteiger partial charge in [-0.2, -0.15) is 0 Å². The van der Waals surface area contributed by atoms with Crippen molar-refractivity contribution in [2.45, 2.75) is 39.7 Å². The first-order valence-electron chi connectivity index (χ1n) is 6.42. The van der Waals surface area contributed by atoms with Crippen LogP contribution in [0.4, 0.5) is 0 Å². The maximum Gasteiger partial charge on any atom is 0.348 e. The summed E-state index contributed by atoms with van der Waals surface area (Å²) in [5.74, 6) is -0.268. The Morgan fingerprint density at radius 2 is 2.16 bits per heavy atom. The van der Waals surface area contributed by atoms with Crippen molar-refractivity contribution in [3.8, 4) is 0 Å². The minimum Gasteiger partial charge on any atom is -0.465 e. The van der Waals surface area contributed by atoms with Crippen LogP contribution in [0.2, 0.25) is 0 Å². The second-order valence-corrected chi connectivity index (χ2v) is 5.42. The molecule has 0 radical (unpaired) electrons. The zero-order valence-corrected chi connectivity index (χ0v) is 12.7. The number of nitrogens with one attached hydrogen (secondary N) is 1. The second kappa shape index (κ2) is 7.40. The summed E-state index contributed by atoms with van der Waals surface area (Å²) in [5, 5.41) is 5.05. The highest BCUT2D eigenvalue weighted by molar-refractivity contribution is 7.12. The number of carbonyl (C=O) groups is 2. The molecule has 0 bridgehead atoms. The van der Waals surface area contributed by atoms with E-state index in [0.29, 0.717) is 4.88 Å². The average Bonchev–Trinajstić information content (AvgIpc) is 2.76. The van der Waals surface area contributed by atoms with Crippen LogP contribution in [0.15, 0.2) is 5.38 Å². The number of thiophene rings is 1. The summed E-state index contributed by atoms with van der Waals surface area (Å²) in [7, 11) is 1.36. The topological polar surface area (TPSA) is 55.4 Å². The van der Waals surface area contributed by atoms with Gasteiger partial charge in [0, 0.05) is 6.42 Å². The van der Waals surface area contributed by atoms with E-state index in [4.69, 9.17) is 4.74 Å². The molecule has 106 valence electrons. The molecule has 4 nitrogen and oxygen atoms in total. The van der Waals surface area contributed by atoms with Crippen molar-refractivity contribution in [1.29, 1.82) is 0 Å². The van der Waals surface area contributed by atoms with E-state index in [1.54, 1.807) is 0 Å². The van der Waals surface area contributed by atoms with Crippen LogP contribution >= 0.6 is 11.3 Å². The molecule has 0 saturated carbocycles. The zero-order chi connectivity index (χ0) is 14.4. The Labute approximate surface area is 118 Å². The Bertz CT molecular complexity index is 454. The van der Waals surface area contributed by atoms with Crippen molar-refractivity contribution in [1.82, 2.24) is 5.32 Å². The molecule has 0 aliphatic heterocycles. The molecule has 1 rings (SSSR count). The fraction of sp³-hybridized carbons (Fsp3) is 0.571. The lowest BCUT2D eigenvalue weighted by molar-refractivity contribution is -0.120. The Morgan fingerprint density at radius 1 is 1.47 bits per heavy atom. The van der Waals surface area contributed by atoms with Crippen LogP contribution in [0.25, 0.3) is 0 Å². The van der Waals surface area contributed by atoms with Crippen LogP contribution in [0, 0.1) is 6.92 Å². The fourth-order valence-electron chi connectivity index (χ4n) is 1.75. The molecule has 1 atom stereocenters. The molecule has 1 aromatic rings. The number of ketones is 1. The Hall–Kier alpha value is -1.20. The molecule has 0 spiro atoms. The highest BCUT2D eigenvalue weighted by atomic mass is 32.1. The van der Waals surface area contributed by atoms with Gasteiger partial charge in [0.25, 0.3) is 0 Å². The van der Waals surface area contributed by atoms with Crippen molar-refractivity contribution >= 4 is 23.1 Å². The first-order valence-corrected chi connectivity index (χ1v) is 7.30. The smallest absolute Gasteiger partial charge is 0.348 e. The Morgan fingerprint density at radius 3 is 2.74 bits per heavy atom. The van der Waals surface area contributed by atoms with E-state index in [0.717, 1.165) is 24.1 Å². The van der Waals surface area contributed by atoms with Crippen LogP contribution in [0.5, 0.6) is 0 Å². The lowest BCUT2D eigenvalue weighted by Gasteiger charge is -2.12. The number of hydrogen-bond donors (Lipinski definition) is 1. The number of ether oxygens (including phenoxy) is 1. The molecule has 5 heteroatoms. The third-order valence-corrected chi connectivity index (χ3v) is 4.13. The van der Waals surface area contributed by atoms with E-state index < -0.39 is 0 Å². The lowest BCUT2D eigenvalue weighted by atomic mass is 10.0. The molecule has 0 aromatic carbocycles. The number of aryl methyl sites for hydroxylation is 1. The van der Waals surface area contributed by atoms with Gasteiger partial charge in [-0.15, -0.1) is 11.3 Å². The maximum atomic E-state index is 12.1. The van der Waals surface area contributed by atoms with Crippen molar-refractivity contribution in [2.75, 3.05) is 13.7 Å². The van der Waals surface area contributed by atoms with Gasteiger partial charge in [0.1, 0.15) is 4.88 Å². The minimum atomic E-state index is -0.366. The molecule has 0 fully saturated rings. The van der Waals surface area contributed by atoms with Crippen LogP contribution in [0.1, 0.15) is 41.1 Å². The SMILES string of the molecule is CCCN[C@@H](C)C(=O)Cc1c(C)csc1C(=O)OC. The van der Waals surface area contributed by atoms with E-state index in [1.165, 1.54) is 18.4 Å². The van der Waals surface area contributed by atoms with E-state index in [9.17, 15) is 9.59 Å². The average molecular weight is 283 g/mol. The fourth-order valence-corrected chi connectivity index (χ4v) is 2.75. The summed E-state index contributed by atoms with van der Waals surface area (Å²) >= 11 is 1.33. The summed E-state index contributed by atoms with van der Waals surface area (Å²) in [5.41, 5.74) is 1.77. The standard InChI is InChI=1S/C14H21NO3S/c1-5-6-15-10(3)12(16)7-11-9(2)8-19-13(11)14(17)18-4/h8,10,15H,5-7H2,1-4H3/t10-/m0/s1. The molecule has 1 aromatic heterocycles. The highest BCUT2D eigenvalue weighted by Crippen LogP contribution is 2.24. The maximum absolute atomic E-state index is 12.1. The molecule has 0 amide bonds. The first kappa shape index (κ1) is 15.9. The van der Waals surface area contributed by atoms with Gasteiger partial charge in [0.15, 0.2) is 5.78 Å². The van der Waals surface area contributed by atoms with Gasteiger partial charge in [0.05, 0.1) is 13.2 Å². The Balaban J connectivity index is 2.78. The zero-order valence-electron chi connectivity index (χ0n) is 11.9. The summed E-state index contributed by atoms with van der Waals surface area (Å²) in [4.78, 5) is 24.3. The summed E-state index contributed by atoms with van der Waals surface area (Å²) in [6.45, 7) is 6.65. The van der Waals surface area contributed by atoms with Crippen molar-refractivity contribution in [2.24, 2.45) is 0 Å². The molecular formula is C14H21NO3S. The summed E-state index contributed by atoms with van der Waals surface area (Å²) in [6, 6.07) is -0.190. The van der Waals surface area contributed by atoms with E-state index in [2.05, 4.69) is 12.2 Å². The largest absolute Gasteiger partial charge is 0.465 e. The van der Waals surface area contributed by atoms with Crippen molar-refractivity contribution in [3.05, 3.63) is 21.4 Å². The number of methoxy groups -OCH3 is 1. The number of carbonyl (C=O) groups excluding carboxylic acids is 2. The van der Waals surface area contributed by atoms with Gasteiger partial charge in [-0.25, -0.2) is 4.79 Å². The molecule has 0 saturated heterocycles. The first-order chi connectivity index (χ1) is 9.01. The van der Waals surface area contributed by atoms with Crippen LogP contribution in [-0.2, 0) is 16.0 Å². The number of esters is 1. The molecule has 0 aliphatic carbocycles. The normalized spacial score (nSPS) is 12.2. The molecule has 1 N–H and O–H groups in total. The molecule has 0 aliphatic rings. The van der Waals surface area contributed by atoms with Crippen molar-refractivity contribution < 1.29 is 14.3 Å². The highest BCUT2D eigenvalue weighted by Gasteiger charge is 2.21. The van der Waals surface area contributed by atoms with Crippen LogP contribution in [0.3, 0.4) is 0 Å². The number of rotatable bonds is 7. The summed E-state index contributed by atoms with van der Waals surface area (Å²) in [6.07, 6.45) is 1.26. The molecule has 1 heterocycles. The van der Waals surface area contributed by atoms with Gasteiger partial charge in [0.2, 0.25) is 0 Å². The molecule has 0 unspecified atom stereocenters. The summed E-state index contributed by atoms with van der Waals surface area (Å²) < 4.78 is 4.74. The molecule has 19 heavy (non-hydrogen) atoms. The third-order valence-electron chi connectivity index (χ3n) is 3.01. The van der Waals surface area contributed by atoms with Gasteiger partial charge in [-0.1, -0.05) is 6.92 Å². The van der Waals surface area contributed by atoms with Crippen LogP contribution in [-0.4, -0.2) is 31.4 Å². The molecular weight excluding hydrogens is 262 g/mol. The predicted molar refractivity (Wildman–Crippen MR) is 76.9 cm³/mol. The third kappa shape index (κ3) is 4.14. The van der Waals surface area contributed by atoms with E-state index in [1.807, 2.05) is 19.2 Å². The van der Waals surface area contributed by atoms with Gasteiger partial charge < -0.3 is 10.1 Å². The lowest BCUT2D eigenvalue weighted by Crippen LogP contribution is -2.35. The van der Waals surface area contributed by atoms with E-state index >= 15 is 0 Å². The Kier molecular flexibility index (Phi) is 6.18. The van der Waals surface area contributed by atoms with Crippen LogP contribution < -0.4 is 5.32 Å². The number of hydrogen-bond acceptors (Lipinski definition) is 5. The van der Waals surface area contributed by atoms with Gasteiger partial charge in [-0.3, -0.25) is 4.79 Å². The van der Waals surface area contributed by atoms with Gasteiger partial charge >= 0.3 is 5.97 Å². The van der Waals surface area contributed by atoms with E-state index in [-0.39, 0.29) is 24.2 Å². The monoisotopic (exact) mass is 283 g/mol.